The highest BCUT2D eigenvalue weighted by molar-refractivity contribution is 5.85. The molecule has 0 atom stereocenters. The number of rotatable bonds is 2. The summed E-state index contributed by atoms with van der Waals surface area (Å²) in [5.41, 5.74) is 1.58. The number of halogens is 2. The molecule has 3 rings (SSSR count). The summed E-state index contributed by atoms with van der Waals surface area (Å²) >= 11 is 0. The van der Waals surface area contributed by atoms with Gasteiger partial charge in [-0.2, -0.15) is 0 Å². The van der Waals surface area contributed by atoms with Crippen LogP contribution >= 0.6 is 0 Å². The second-order valence-corrected chi connectivity index (χ2v) is 4.41. The van der Waals surface area contributed by atoms with Crippen LogP contribution in [0.5, 0.6) is 5.75 Å². The molecule has 5 heteroatoms. The van der Waals surface area contributed by atoms with Crippen molar-refractivity contribution in [2.45, 2.75) is 6.54 Å². The third-order valence-electron chi connectivity index (χ3n) is 3.21. The van der Waals surface area contributed by atoms with Gasteiger partial charge >= 0.3 is 0 Å². The Bertz CT molecular complexity index is 686. The monoisotopic (exact) mass is 274 g/mol. The molecule has 0 aromatic heterocycles. The molecule has 0 spiro atoms. The summed E-state index contributed by atoms with van der Waals surface area (Å²) in [6.07, 6.45) is 1.43. The van der Waals surface area contributed by atoms with Gasteiger partial charge in [-0.1, -0.05) is 18.2 Å². The minimum atomic E-state index is -0.724. The average molecular weight is 274 g/mol. The first-order valence-electron chi connectivity index (χ1n) is 6.11. The van der Waals surface area contributed by atoms with Crippen LogP contribution in [0, 0.1) is 11.6 Å². The first kappa shape index (κ1) is 12.6. The van der Waals surface area contributed by atoms with Crippen LogP contribution in [0.2, 0.25) is 0 Å². The second kappa shape index (κ2) is 4.92. The largest absolute Gasteiger partial charge is 0.494 e. The number of hydrogen-bond acceptors (Lipinski definition) is 3. The van der Waals surface area contributed by atoms with Gasteiger partial charge in [0.15, 0.2) is 11.6 Å². The lowest BCUT2D eigenvalue weighted by Crippen LogP contribution is -2.25. The summed E-state index contributed by atoms with van der Waals surface area (Å²) in [5.74, 6) is -1.36. The first-order valence-corrected chi connectivity index (χ1v) is 6.11. The Labute approximate surface area is 115 Å². The van der Waals surface area contributed by atoms with E-state index >= 15 is 0 Å². The summed E-state index contributed by atoms with van der Waals surface area (Å²) < 4.78 is 33.0. The van der Waals surface area contributed by atoms with Gasteiger partial charge in [0, 0.05) is 0 Å². The van der Waals surface area contributed by atoms with E-state index in [9.17, 15) is 8.78 Å². The number of methoxy groups -OCH3 is 1. The normalized spacial score (nSPS) is 13.2. The topological polar surface area (TPSA) is 24.8 Å². The van der Waals surface area contributed by atoms with Gasteiger partial charge in [-0.25, -0.2) is 13.8 Å². The summed E-state index contributed by atoms with van der Waals surface area (Å²) in [6.45, 7) is 0.362. The van der Waals surface area contributed by atoms with Crippen molar-refractivity contribution in [3.05, 3.63) is 53.6 Å². The number of para-hydroxylation sites is 1. The number of ether oxygens (including phenoxy) is 1. The van der Waals surface area contributed by atoms with E-state index in [1.54, 1.807) is 0 Å². The van der Waals surface area contributed by atoms with Crippen LogP contribution in [0.15, 0.2) is 41.4 Å². The van der Waals surface area contributed by atoms with Gasteiger partial charge in [0.1, 0.15) is 11.5 Å². The van der Waals surface area contributed by atoms with E-state index in [0.29, 0.717) is 6.54 Å². The molecular formula is C15H12F2N2O. The molecule has 0 radical (unpaired) electrons. The highest BCUT2D eigenvalue weighted by Gasteiger charge is 2.22. The molecule has 0 aliphatic carbocycles. The molecular weight excluding hydrogens is 262 g/mol. The van der Waals surface area contributed by atoms with Crippen LogP contribution in [-0.2, 0) is 6.54 Å². The standard InChI is InChI=1S/C15H12F2N2O/c1-20-13-7-6-11(16)15(14(13)17)19-8-10-4-2-3-5-12(10)18-9-19/h2-7,9H,8H2,1H3. The molecule has 0 fully saturated rings. The number of aliphatic imine (C=N–C) groups is 1. The fourth-order valence-corrected chi connectivity index (χ4v) is 2.21. The quantitative estimate of drug-likeness (QED) is 0.835. The molecule has 0 N–H and O–H groups in total. The molecule has 3 nitrogen and oxygen atoms in total. The molecule has 0 unspecified atom stereocenters. The van der Waals surface area contributed by atoms with Gasteiger partial charge in [-0.3, -0.25) is 0 Å². The number of hydrogen-bond donors (Lipinski definition) is 0. The van der Waals surface area contributed by atoms with Crippen LogP contribution in [0.3, 0.4) is 0 Å². The predicted molar refractivity (Wildman–Crippen MR) is 73.7 cm³/mol. The van der Waals surface area contributed by atoms with E-state index in [2.05, 4.69) is 4.99 Å². The Morgan fingerprint density at radius 3 is 2.75 bits per heavy atom. The van der Waals surface area contributed by atoms with Crippen LogP contribution in [0.4, 0.5) is 20.2 Å². The Hall–Kier alpha value is -2.43. The molecule has 20 heavy (non-hydrogen) atoms. The van der Waals surface area contributed by atoms with E-state index < -0.39 is 11.6 Å². The van der Waals surface area contributed by atoms with Gasteiger partial charge in [0.25, 0.3) is 0 Å². The Balaban J connectivity index is 2.04. The van der Waals surface area contributed by atoms with Crippen LogP contribution in [0.1, 0.15) is 5.56 Å². The fraction of sp³-hybridized carbons (Fsp3) is 0.133. The molecule has 2 aromatic carbocycles. The van der Waals surface area contributed by atoms with E-state index in [4.69, 9.17) is 4.74 Å². The van der Waals surface area contributed by atoms with Gasteiger partial charge in [-0.05, 0) is 23.8 Å². The summed E-state index contributed by atoms with van der Waals surface area (Å²) in [6, 6.07) is 9.94. The highest BCUT2D eigenvalue weighted by Crippen LogP contribution is 2.33. The Kier molecular flexibility index (Phi) is 3.10. The highest BCUT2D eigenvalue weighted by atomic mass is 19.1. The van der Waals surface area contributed by atoms with Crippen molar-refractivity contribution in [2.24, 2.45) is 4.99 Å². The molecule has 0 saturated carbocycles. The zero-order valence-electron chi connectivity index (χ0n) is 10.8. The smallest absolute Gasteiger partial charge is 0.191 e. The van der Waals surface area contributed by atoms with Crippen LogP contribution < -0.4 is 9.64 Å². The van der Waals surface area contributed by atoms with Crippen molar-refractivity contribution < 1.29 is 13.5 Å². The molecule has 1 heterocycles. The van der Waals surface area contributed by atoms with Gasteiger partial charge in [0.05, 0.1) is 25.7 Å². The Morgan fingerprint density at radius 2 is 1.95 bits per heavy atom. The molecule has 0 saturated heterocycles. The van der Waals surface area contributed by atoms with Crippen molar-refractivity contribution in [1.29, 1.82) is 0 Å². The van der Waals surface area contributed by atoms with Crippen molar-refractivity contribution >= 4 is 17.7 Å². The fourth-order valence-electron chi connectivity index (χ4n) is 2.21. The van der Waals surface area contributed by atoms with Gasteiger partial charge in [0.2, 0.25) is 0 Å². The third kappa shape index (κ3) is 2.01. The van der Waals surface area contributed by atoms with E-state index in [1.165, 1.54) is 30.5 Å². The van der Waals surface area contributed by atoms with Gasteiger partial charge < -0.3 is 9.64 Å². The lowest BCUT2D eigenvalue weighted by atomic mass is 10.1. The van der Waals surface area contributed by atoms with Crippen LogP contribution in [0.25, 0.3) is 0 Å². The number of anilines is 1. The van der Waals surface area contributed by atoms with E-state index in [-0.39, 0.29) is 11.4 Å². The third-order valence-corrected chi connectivity index (χ3v) is 3.21. The second-order valence-electron chi connectivity index (χ2n) is 4.41. The van der Waals surface area contributed by atoms with E-state index in [1.807, 2.05) is 24.3 Å². The lowest BCUT2D eigenvalue weighted by molar-refractivity contribution is 0.384. The number of benzene rings is 2. The maximum atomic E-state index is 14.2. The average Bonchev–Trinajstić information content (AvgIpc) is 2.47. The van der Waals surface area contributed by atoms with E-state index in [0.717, 1.165) is 11.3 Å². The molecule has 1 aliphatic rings. The molecule has 0 bridgehead atoms. The van der Waals surface area contributed by atoms with Crippen molar-refractivity contribution in [3.63, 3.8) is 0 Å². The molecule has 1 aliphatic heterocycles. The molecule has 102 valence electrons. The molecule has 0 amide bonds. The molecule has 2 aromatic rings. The zero-order valence-corrected chi connectivity index (χ0v) is 10.8. The summed E-state index contributed by atoms with van der Waals surface area (Å²) in [7, 11) is 1.35. The maximum Gasteiger partial charge on any atom is 0.191 e. The maximum absolute atomic E-state index is 14.2. The van der Waals surface area contributed by atoms with Crippen LogP contribution in [-0.4, -0.2) is 13.4 Å². The van der Waals surface area contributed by atoms with Crippen molar-refractivity contribution in [2.75, 3.05) is 12.0 Å². The summed E-state index contributed by atoms with van der Waals surface area (Å²) in [5, 5.41) is 0. The van der Waals surface area contributed by atoms with Crippen molar-refractivity contribution in [3.8, 4) is 5.75 Å². The predicted octanol–water partition coefficient (Wildman–Crippen LogP) is 3.65. The van der Waals surface area contributed by atoms with Gasteiger partial charge in [-0.15, -0.1) is 0 Å². The Morgan fingerprint density at radius 1 is 1.15 bits per heavy atom. The minimum Gasteiger partial charge on any atom is -0.494 e. The number of fused-ring (bicyclic) bond motifs is 1. The number of nitrogens with zero attached hydrogens (tertiary/aromatic N) is 2. The SMILES string of the molecule is COc1ccc(F)c(N2C=Nc3ccccc3C2)c1F. The van der Waals surface area contributed by atoms with Crippen molar-refractivity contribution in [1.82, 2.24) is 0 Å². The lowest BCUT2D eigenvalue weighted by Gasteiger charge is -2.25. The summed E-state index contributed by atoms with van der Waals surface area (Å²) in [4.78, 5) is 5.66. The minimum absolute atomic E-state index is 0.00802. The first-order chi connectivity index (χ1) is 9.70. The zero-order chi connectivity index (χ0) is 14.1.